The summed E-state index contributed by atoms with van der Waals surface area (Å²) in [6.07, 6.45) is 1.03. The van der Waals surface area contributed by atoms with E-state index in [4.69, 9.17) is 15.2 Å². The Kier molecular flexibility index (Phi) is 3.46. The highest BCUT2D eigenvalue weighted by atomic mass is 16.5. The fourth-order valence-corrected chi connectivity index (χ4v) is 2.02. The molecule has 1 aliphatic carbocycles. The van der Waals surface area contributed by atoms with Gasteiger partial charge in [0.05, 0.1) is 0 Å². The van der Waals surface area contributed by atoms with Crippen molar-refractivity contribution in [3.8, 4) is 5.75 Å². The molecule has 1 aromatic carbocycles. The summed E-state index contributed by atoms with van der Waals surface area (Å²) >= 11 is 0. The van der Waals surface area contributed by atoms with Gasteiger partial charge in [-0.3, -0.25) is 0 Å². The van der Waals surface area contributed by atoms with Gasteiger partial charge in [-0.2, -0.15) is 0 Å². The van der Waals surface area contributed by atoms with Gasteiger partial charge in [-0.25, -0.2) is 0 Å². The Hall–Kier alpha value is -1.06. The lowest BCUT2D eigenvalue weighted by atomic mass is 9.86. The van der Waals surface area contributed by atoms with Gasteiger partial charge in [0.15, 0.2) is 0 Å². The van der Waals surface area contributed by atoms with Gasteiger partial charge < -0.3 is 15.2 Å². The van der Waals surface area contributed by atoms with Crippen LogP contribution in [0.25, 0.3) is 0 Å². The predicted molar refractivity (Wildman–Crippen MR) is 63.6 cm³/mol. The number of rotatable bonds is 4. The number of nitrogens with two attached hydrogens (primary N) is 1. The van der Waals surface area contributed by atoms with Gasteiger partial charge in [0.1, 0.15) is 18.0 Å². The minimum absolute atomic E-state index is 0.0468. The number of aryl methyl sites for hydroxylation is 1. The molecule has 0 radical (unpaired) electrons. The largest absolute Gasteiger partial charge is 0.488 e. The molecule has 0 heterocycles. The summed E-state index contributed by atoms with van der Waals surface area (Å²) in [6.45, 7) is 4.72. The highest BCUT2D eigenvalue weighted by molar-refractivity contribution is 5.28. The van der Waals surface area contributed by atoms with Crippen LogP contribution in [0.4, 0.5) is 0 Å². The molecule has 0 aromatic heterocycles. The Labute approximate surface area is 96.5 Å². The zero-order valence-electron chi connectivity index (χ0n) is 9.85. The Morgan fingerprint density at radius 1 is 1.44 bits per heavy atom. The molecule has 3 unspecified atom stereocenters. The first-order valence-corrected chi connectivity index (χ1v) is 5.81. The number of hydrogen-bond donors (Lipinski definition) is 1. The average molecular weight is 221 g/mol. The Morgan fingerprint density at radius 3 is 2.88 bits per heavy atom. The maximum atomic E-state index is 5.88. The zero-order valence-corrected chi connectivity index (χ0v) is 9.85. The summed E-state index contributed by atoms with van der Waals surface area (Å²) in [4.78, 5) is 0. The highest BCUT2D eigenvalue weighted by Gasteiger charge is 2.41. The number of hydrogen-bond acceptors (Lipinski definition) is 3. The van der Waals surface area contributed by atoms with E-state index in [9.17, 15) is 0 Å². The maximum absolute atomic E-state index is 5.88. The summed E-state index contributed by atoms with van der Waals surface area (Å²) in [5, 5.41) is 0. The van der Waals surface area contributed by atoms with E-state index in [1.165, 1.54) is 5.56 Å². The third-order valence-electron chi connectivity index (χ3n) is 2.93. The van der Waals surface area contributed by atoms with E-state index in [-0.39, 0.29) is 18.2 Å². The van der Waals surface area contributed by atoms with Gasteiger partial charge in [0, 0.05) is 19.1 Å². The van der Waals surface area contributed by atoms with Gasteiger partial charge in [0.2, 0.25) is 0 Å². The molecule has 0 spiro atoms. The molecule has 2 rings (SSSR count). The van der Waals surface area contributed by atoms with Crippen LogP contribution < -0.4 is 10.5 Å². The minimum atomic E-state index is 0.0468. The lowest BCUT2D eigenvalue weighted by Gasteiger charge is -2.41. The van der Waals surface area contributed by atoms with Crippen molar-refractivity contribution in [2.24, 2.45) is 5.73 Å². The lowest BCUT2D eigenvalue weighted by Crippen LogP contribution is -2.59. The molecule has 1 aliphatic rings. The maximum Gasteiger partial charge on any atom is 0.128 e. The van der Waals surface area contributed by atoms with E-state index in [0.29, 0.717) is 6.61 Å². The van der Waals surface area contributed by atoms with E-state index < -0.39 is 0 Å². The first kappa shape index (κ1) is 11.4. The van der Waals surface area contributed by atoms with Crippen molar-refractivity contribution in [3.05, 3.63) is 29.8 Å². The first-order chi connectivity index (χ1) is 7.70. The standard InChI is InChI=1S/C13H19NO2/c1-3-15-13-11(14)8-12(13)16-10-6-4-5-9(2)7-10/h4-7,11-13H,3,8,14H2,1-2H3. The molecule has 1 saturated carbocycles. The average Bonchev–Trinajstić information content (AvgIpc) is 2.26. The van der Waals surface area contributed by atoms with Crippen molar-refractivity contribution < 1.29 is 9.47 Å². The lowest BCUT2D eigenvalue weighted by molar-refractivity contribution is -0.0945. The van der Waals surface area contributed by atoms with Crippen LogP contribution in [0, 0.1) is 6.92 Å². The van der Waals surface area contributed by atoms with Crippen LogP contribution in [0.3, 0.4) is 0 Å². The summed E-state index contributed by atoms with van der Waals surface area (Å²) in [6, 6.07) is 8.18. The summed E-state index contributed by atoms with van der Waals surface area (Å²) in [5.41, 5.74) is 7.08. The zero-order chi connectivity index (χ0) is 11.5. The van der Waals surface area contributed by atoms with Crippen molar-refractivity contribution in [1.29, 1.82) is 0 Å². The monoisotopic (exact) mass is 221 g/mol. The van der Waals surface area contributed by atoms with Gasteiger partial charge in [-0.1, -0.05) is 12.1 Å². The van der Waals surface area contributed by atoms with Crippen LogP contribution in [-0.4, -0.2) is 24.9 Å². The summed E-state index contributed by atoms with van der Waals surface area (Å²) in [7, 11) is 0. The summed E-state index contributed by atoms with van der Waals surface area (Å²) < 4.78 is 11.4. The van der Waals surface area contributed by atoms with Crippen molar-refractivity contribution in [2.75, 3.05) is 6.61 Å². The van der Waals surface area contributed by atoms with Crippen LogP contribution in [0.2, 0.25) is 0 Å². The molecule has 1 aromatic rings. The van der Waals surface area contributed by atoms with E-state index in [2.05, 4.69) is 13.0 Å². The van der Waals surface area contributed by atoms with E-state index in [1.807, 2.05) is 25.1 Å². The van der Waals surface area contributed by atoms with Crippen molar-refractivity contribution in [3.63, 3.8) is 0 Å². The topological polar surface area (TPSA) is 44.5 Å². The highest BCUT2D eigenvalue weighted by Crippen LogP contribution is 2.28. The first-order valence-electron chi connectivity index (χ1n) is 5.81. The Balaban J connectivity index is 1.95. The quantitative estimate of drug-likeness (QED) is 0.844. The van der Waals surface area contributed by atoms with Crippen LogP contribution in [0.15, 0.2) is 24.3 Å². The van der Waals surface area contributed by atoms with E-state index >= 15 is 0 Å². The minimum Gasteiger partial charge on any atom is -0.488 e. The molecular formula is C13H19NO2. The van der Waals surface area contributed by atoms with Crippen LogP contribution >= 0.6 is 0 Å². The van der Waals surface area contributed by atoms with Gasteiger partial charge in [0.25, 0.3) is 0 Å². The van der Waals surface area contributed by atoms with Crippen LogP contribution in [0.5, 0.6) is 5.75 Å². The van der Waals surface area contributed by atoms with Crippen molar-refractivity contribution in [2.45, 2.75) is 38.5 Å². The van der Waals surface area contributed by atoms with Gasteiger partial charge in [-0.05, 0) is 31.5 Å². The second-order valence-electron chi connectivity index (χ2n) is 4.29. The van der Waals surface area contributed by atoms with Crippen molar-refractivity contribution in [1.82, 2.24) is 0 Å². The third kappa shape index (κ3) is 2.36. The van der Waals surface area contributed by atoms with Crippen LogP contribution in [-0.2, 0) is 4.74 Å². The molecule has 3 heteroatoms. The van der Waals surface area contributed by atoms with Gasteiger partial charge >= 0.3 is 0 Å². The van der Waals surface area contributed by atoms with E-state index in [1.54, 1.807) is 0 Å². The fourth-order valence-electron chi connectivity index (χ4n) is 2.02. The predicted octanol–water partition coefficient (Wildman–Crippen LogP) is 1.88. The molecular weight excluding hydrogens is 202 g/mol. The molecule has 3 atom stereocenters. The molecule has 1 fully saturated rings. The van der Waals surface area contributed by atoms with Crippen LogP contribution in [0.1, 0.15) is 18.9 Å². The second kappa shape index (κ2) is 4.85. The second-order valence-corrected chi connectivity index (χ2v) is 4.29. The summed E-state index contributed by atoms with van der Waals surface area (Å²) in [5.74, 6) is 0.904. The fraction of sp³-hybridized carbons (Fsp3) is 0.538. The molecule has 0 aliphatic heterocycles. The molecule has 0 amide bonds. The Bertz CT molecular complexity index is 354. The molecule has 3 nitrogen and oxygen atoms in total. The molecule has 16 heavy (non-hydrogen) atoms. The van der Waals surface area contributed by atoms with Crippen molar-refractivity contribution >= 4 is 0 Å². The SMILES string of the molecule is CCOC1C(N)CC1Oc1cccc(C)c1. The molecule has 0 saturated heterocycles. The molecule has 88 valence electrons. The number of ether oxygens (including phenoxy) is 2. The van der Waals surface area contributed by atoms with Gasteiger partial charge in [-0.15, -0.1) is 0 Å². The smallest absolute Gasteiger partial charge is 0.128 e. The number of benzene rings is 1. The molecule has 0 bridgehead atoms. The Morgan fingerprint density at radius 2 is 2.25 bits per heavy atom. The van der Waals surface area contributed by atoms with E-state index in [0.717, 1.165) is 12.2 Å². The third-order valence-corrected chi connectivity index (χ3v) is 2.93. The molecule has 2 N–H and O–H groups in total. The normalized spacial score (nSPS) is 28.6.